The van der Waals surface area contributed by atoms with Crippen LogP contribution in [0.25, 0.3) is 0 Å². The van der Waals surface area contributed by atoms with Crippen LogP contribution in [0.2, 0.25) is 10.0 Å². The number of carbonyl (C=O) groups excluding carboxylic acids is 3. The van der Waals surface area contributed by atoms with E-state index in [1.54, 1.807) is 34.0 Å². The molecule has 146 valence electrons. The highest BCUT2D eigenvalue weighted by Crippen LogP contribution is 2.29. The molecule has 0 spiro atoms. The van der Waals surface area contributed by atoms with Crippen LogP contribution in [0.5, 0.6) is 0 Å². The predicted molar refractivity (Wildman–Crippen MR) is 102 cm³/mol. The van der Waals surface area contributed by atoms with E-state index in [-0.39, 0.29) is 24.9 Å². The van der Waals surface area contributed by atoms with Crippen LogP contribution >= 0.6 is 23.2 Å². The average Bonchev–Trinajstić information content (AvgIpc) is 2.62. The second-order valence-corrected chi connectivity index (χ2v) is 7.67. The SMILES string of the molecule is CCC[C@H]1C(=O)N(Cc2ccc(Cl)c(Cl)c2)CC2N1C(=O)CN(C)N2C=O. The van der Waals surface area contributed by atoms with Gasteiger partial charge in [0.2, 0.25) is 18.2 Å². The van der Waals surface area contributed by atoms with Crippen molar-refractivity contribution in [2.24, 2.45) is 0 Å². The molecule has 1 aromatic rings. The number of hydrazine groups is 1. The van der Waals surface area contributed by atoms with Gasteiger partial charge < -0.3 is 9.80 Å². The molecule has 2 heterocycles. The van der Waals surface area contributed by atoms with Crippen LogP contribution in [0.15, 0.2) is 18.2 Å². The first-order valence-electron chi connectivity index (χ1n) is 8.86. The highest BCUT2D eigenvalue weighted by Gasteiger charge is 2.48. The molecule has 2 saturated heterocycles. The Morgan fingerprint density at radius 2 is 1.96 bits per heavy atom. The largest absolute Gasteiger partial charge is 0.333 e. The summed E-state index contributed by atoms with van der Waals surface area (Å²) >= 11 is 12.1. The van der Waals surface area contributed by atoms with E-state index < -0.39 is 12.2 Å². The molecular formula is C18H22Cl2N4O3. The van der Waals surface area contributed by atoms with E-state index in [4.69, 9.17) is 23.2 Å². The smallest absolute Gasteiger partial charge is 0.245 e. The molecular weight excluding hydrogens is 391 g/mol. The van der Waals surface area contributed by atoms with Crippen molar-refractivity contribution < 1.29 is 14.4 Å². The Kier molecular flexibility index (Phi) is 5.93. The molecule has 0 bridgehead atoms. The van der Waals surface area contributed by atoms with Crippen molar-refractivity contribution in [1.82, 2.24) is 19.8 Å². The monoisotopic (exact) mass is 412 g/mol. The van der Waals surface area contributed by atoms with Gasteiger partial charge in [-0.25, -0.2) is 5.01 Å². The summed E-state index contributed by atoms with van der Waals surface area (Å²) in [6, 6.07) is 4.67. The fraction of sp³-hybridized carbons (Fsp3) is 0.500. The number of likely N-dealkylation sites (N-methyl/N-ethyl adjacent to an activating group) is 1. The highest BCUT2D eigenvalue weighted by molar-refractivity contribution is 6.42. The van der Waals surface area contributed by atoms with Gasteiger partial charge in [0.1, 0.15) is 12.2 Å². The molecule has 9 heteroatoms. The van der Waals surface area contributed by atoms with E-state index in [0.717, 1.165) is 12.0 Å². The Hall–Kier alpha value is -1.83. The molecule has 3 rings (SSSR count). The van der Waals surface area contributed by atoms with Crippen LogP contribution < -0.4 is 0 Å². The fourth-order valence-electron chi connectivity index (χ4n) is 3.74. The predicted octanol–water partition coefficient (Wildman–Crippen LogP) is 1.98. The number of hydrogen-bond acceptors (Lipinski definition) is 4. The molecule has 2 aliphatic heterocycles. The summed E-state index contributed by atoms with van der Waals surface area (Å²) in [4.78, 5) is 40.6. The lowest BCUT2D eigenvalue weighted by Gasteiger charge is -2.53. The lowest BCUT2D eigenvalue weighted by molar-refractivity contribution is -0.197. The summed E-state index contributed by atoms with van der Waals surface area (Å²) in [6.07, 6.45) is 1.51. The lowest BCUT2D eigenvalue weighted by Crippen LogP contribution is -2.73. The molecule has 0 radical (unpaired) electrons. The molecule has 2 fully saturated rings. The number of amides is 3. The zero-order valence-corrected chi connectivity index (χ0v) is 16.8. The molecule has 2 atom stereocenters. The summed E-state index contributed by atoms with van der Waals surface area (Å²) in [5.41, 5.74) is 0.842. The van der Waals surface area contributed by atoms with E-state index in [9.17, 15) is 14.4 Å². The normalized spacial score (nSPS) is 23.6. The maximum Gasteiger partial charge on any atom is 0.245 e. The van der Waals surface area contributed by atoms with Crippen LogP contribution in [0, 0.1) is 0 Å². The minimum absolute atomic E-state index is 0.0789. The Bertz CT molecular complexity index is 760. The summed E-state index contributed by atoms with van der Waals surface area (Å²) in [5.74, 6) is -0.246. The van der Waals surface area contributed by atoms with Gasteiger partial charge in [-0.1, -0.05) is 42.6 Å². The number of rotatable bonds is 5. The second kappa shape index (κ2) is 8.04. The first-order valence-corrected chi connectivity index (χ1v) is 9.61. The van der Waals surface area contributed by atoms with Gasteiger partial charge in [0.05, 0.1) is 23.1 Å². The van der Waals surface area contributed by atoms with Crippen molar-refractivity contribution in [3.8, 4) is 0 Å². The van der Waals surface area contributed by atoms with Crippen molar-refractivity contribution >= 4 is 41.4 Å². The first-order chi connectivity index (χ1) is 12.9. The van der Waals surface area contributed by atoms with Gasteiger partial charge >= 0.3 is 0 Å². The van der Waals surface area contributed by atoms with Gasteiger partial charge in [-0.3, -0.25) is 19.4 Å². The number of carbonyl (C=O) groups is 3. The zero-order chi connectivity index (χ0) is 19.7. The third kappa shape index (κ3) is 3.77. The van der Waals surface area contributed by atoms with Gasteiger partial charge in [0, 0.05) is 13.6 Å². The maximum atomic E-state index is 13.1. The Morgan fingerprint density at radius 3 is 2.59 bits per heavy atom. The van der Waals surface area contributed by atoms with Gasteiger partial charge in [-0.15, -0.1) is 0 Å². The standard InChI is InChI=1S/C18H22Cl2N4O3/c1-3-4-15-18(27)22(8-12-5-6-13(19)14(20)7-12)9-16-23(11-25)21(2)10-17(26)24(15)16/h5-7,11,15-16H,3-4,8-10H2,1-2H3/t15-,16?/m0/s1. The van der Waals surface area contributed by atoms with Crippen LogP contribution in [-0.4, -0.2) is 70.4 Å². The quantitative estimate of drug-likeness (QED) is 0.693. The molecule has 0 aromatic heterocycles. The summed E-state index contributed by atoms with van der Waals surface area (Å²) < 4.78 is 0. The Balaban J connectivity index is 1.91. The third-order valence-corrected chi connectivity index (χ3v) is 5.76. The van der Waals surface area contributed by atoms with E-state index in [1.165, 1.54) is 5.01 Å². The molecule has 0 aliphatic carbocycles. The van der Waals surface area contributed by atoms with E-state index in [0.29, 0.717) is 29.4 Å². The van der Waals surface area contributed by atoms with Gasteiger partial charge in [0.15, 0.2) is 0 Å². The van der Waals surface area contributed by atoms with Gasteiger partial charge in [0.25, 0.3) is 0 Å². The number of hydrogen-bond donors (Lipinski definition) is 0. The Morgan fingerprint density at radius 1 is 1.22 bits per heavy atom. The zero-order valence-electron chi connectivity index (χ0n) is 15.3. The van der Waals surface area contributed by atoms with Gasteiger partial charge in [-0.05, 0) is 24.1 Å². The molecule has 3 amide bonds. The number of nitrogens with zero attached hydrogens (tertiary/aromatic N) is 4. The van der Waals surface area contributed by atoms with E-state index in [1.807, 2.05) is 13.0 Å². The van der Waals surface area contributed by atoms with Crippen molar-refractivity contribution in [3.05, 3.63) is 33.8 Å². The molecule has 7 nitrogen and oxygen atoms in total. The molecule has 0 saturated carbocycles. The van der Waals surface area contributed by atoms with Gasteiger partial charge in [-0.2, -0.15) is 0 Å². The topological polar surface area (TPSA) is 64.2 Å². The highest BCUT2D eigenvalue weighted by atomic mass is 35.5. The fourth-order valence-corrected chi connectivity index (χ4v) is 4.06. The average molecular weight is 413 g/mol. The van der Waals surface area contributed by atoms with Crippen LogP contribution in [0.1, 0.15) is 25.3 Å². The van der Waals surface area contributed by atoms with Crippen LogP contribution in [0.3, 0.4) is 0 Å². The minimum atomic E-state index is -0.569. The molecule has 2 aliphatic rings. The minimum Gasteiger partial charge on any atom is -0.333 e. The third-order valence-electron chi connectivity index (χ3n) is 5.02. The van der Waals surface area contributed by atoms with Crippen LogP contribution in [0.4, 0.5) is 0 Å². The van der Waals surface area contributed by atoms with Crippen LogP contribution in [-0.2, 0) is 20.9 Å². The number of fused-ring (bicyclic) bond motifs is 1. The van der Waals surface area contributed by atoms with Crippen molar-refractivity contribution in [1.29, 1.82) is 0 Å². The molecule has 27 heavy (non-hydrogen) atoms. The number of halogens is 2. The lowest BCUT2D eigenvalue weighted by atomic mass is 10.0. The molecule has 1 unspecified atom stereocenters. The van der Waals surface area contributed by atoms with E-state index >= 15 is 0 Å². The summed E-state index contributed by atoms with van der Waals surface area (Å²) in [5, 5.41) is 3.95. The summed E-state index contributed by atoms with van der Waals surface area (Å²) in [7, 11) is 1.69. The van der Waals surface area contributed by atoms with Crippen molar-refractivity contribution in [3.63, 3.8) is 0 Å². The maximum absolute atomic E-state index is 13.1. The molecule has 0 N–H and O–H groups in total. The number of piperazine rings is 1. The van der Waals surface area contributed by atoms with E-state index in [2.05, 4.69) is 0 Å². The first kappa shape index (κ1) is 19.9. The number of benzene rings is 1. The Labute approximate surface area is 168 Å². The second-order valence-electron chi connectivity index (χ2n) is 6.85. The molecule has 1 aromatic carbocycles. The van der Waals surface area contributed by atoms with Crippen molar-refractivity contribution in [2.75, 3.05) is 20.1 Å². The summed E-state index contributed by atoms with van der Waals surface area (Å²) in [6.45, 7) is 2.63. The van der Waals surface area contributed by atoms with Crippen molar-refractivity contribution in [2.45, 2.75) is 38.5 Å².